The third-order valence-electron chi connectivity index (χ3n) is 5.13. The molecule has 2 saturated heterocycles. The topological polar surface area (TPSA) is 59.0 Å². The van der Waals surface area contributed by atoms with E-state index in [0.717, 1.165) is 15.0 Å². The summed E-state index contributed by atoms with van der Waals surface area (Å²) in [7, 11) is 0. The van der Waals surface area contributed by atoms with Crippen LogP contribution in [0, 0.1) is 0 Å². The summed E-state index contributed by atoms with van der Waals surface area (Å²) in [5, 5.41) is 2.82. The molecule has 0 spiro atoms. The van der Waals surface area contributed by atoms with Crippen LogP contribution in [0.2, 0.25) is 0 Å². The molecule has 2 fully saturated rings. The van der Waals surface area contributed by atoms with E-state index in [-0.39, 0.29) is 30.5 Å². The van der Waals surface area contributed by atoms with Crippen molar-refractivity contribution in [2.75, 3.05) is 4.43 Å². The zero-order chi connectivity index (χ0) is 21.4. The Labute approximate surface area is 195 Å². The van der Waals surface area contributed by atoms with Crippen molar-refractivity contribution in [2.45, 2.75) is 76.4 Å². The molecule has 0 radical (unpaired) electrons. The van der Waals surface area contributed by atoms with Gasteiger partial charge < -0.3 is 23.7 Å². The van der Waals surface area contributed by atoms with E-state index in [1.54, 1.807) is 17.5 Å². The van der Waals surface area contributed by atoms with Gasteiger partial charge in [-0.05, 0) is 33.3 Å². The highest BCUT2D eigenvalue weighted by molar-refractivity contribution is 14.1. The van der Waals surface area contributed by atoms with E-state index in [0.29, 0.717) is 6.61 Å². The van der Waals surface area contributed by atoms with Crippen molar-refractivity contribution in [3.05, 3.63) is 52.5 Å². The van der Waals surface area contributed by atoms with Gasteiger partial charge in [0.2, 0.25) is 0 Å². The summed E-state index contributed by atoms with van der Waals surface area (Å²) < 4.78 is 32.4. The van der Waals surface area contributed by atoms with Crippen molar-refractivity contribution in [2.24, 2.45) is 0 Å². The summed E-state index contributed by atoms with van der Waals surface area (Å²) in [5.41, 5.74) is 1.10. The van der Waals surface area contributed by atoms with Gasteiger partial charge in [0.15, 0.2) is 11.6 Å². The average molecular weight is 545 g/mol. The number of hydrogen-bond acceptors (Lipinski definition) is 7. The van der Waals surface area contributed by atoms with Crippen molar-refractivity contribution >= 4 is 33.9 Å². The molecule has 0 unspecified atom stereocenters. The van der Waals surface area contributed by atoms with Gasteiger partial charge in [-0.3, -0.25) is 0 Å². The van der Waals surface area contributed by atoms with Crippen LogP contribution >= 0.6 is 33.9 Å². The fourth-order valence-electron chi connectivity index (χ4n) is 4.01. The summed E-state index contributed by atoms with van der Waals surface area (Å²) in [5.74, 6) is -1.42. The van der Waals surface area contributed by atoms with Gasteiger partial charge in [-0.15, -0.1) is 11.3 Å². The van der Waals surface area contributed by atoms with Crippen molar-refractivity contribution < 1.29 is 23.7 Å². The average Bonchev–Trinajstić information content (AvgIpc) is 3.40. The highest BCUT2D eigenvalue weighted by atomic mass is 127. The molecule has 30 heavy (non-hydrogen) atoms. The number of benzene rings is 1. The largest absolute Gasteiger partial charge is 0.363 e. The van der Waals surface area contributed by atoms with Gasteiger partial charge in [-0.25, -0.2) is 4.98 Å². The van der Waals surface area contributed by atoms with Crippen LogP contribution < -0.4 is 0 Å². The summed E-state index contributed by atoms with van der Waals surface area (Å²) in [4.78, 5) is 4.53. The Morgan fingerprint density at radius 1 is 1.03 bits per heavy atom. The zero-order valence-corrected chi connectivity index (χ0v) is 20.6. The third kappa shape index (κ3) is 5.06. The van der Waals surface area contributed by atoms with Gasteiger partial charge in [-0.1, -0.05) is 52.9 Å². The Bertz CT molecular complexity index is 816. The van der Waals surface area contributed by atoms with Crippen LogP contribution in [0.5, 0.6) is 0 Å². The number of rotatable bonds is 7. The quantitative estimate of drug-likeness (QED) is 0.366. The van der Waals surface area contributed by atoms with Crippen molar-refractivity contribution in [1.29, 1.82) is 0 Å². The predicted octanol–water partition coefficient (Wildman–Crippen LogP) is 4.88. The molecular weight excluding hydrogens is 517 g/mol. The smallest absolute Gasteiger partial charge is 0.164 e. The molecule has 3 heterocycles. The lowest BCUT2D eigenvalue weighted by molar-refractivity contribution is -0.176. The fourth-order valence-corrected chi connectivity index (χ4v) is 5.41. The molecule has 6 nitrogen and oxygen atoms in total. The van der Waals surface area contributed by atoms with E-state index >= 15 is 0 Å². The van der Waals surface area contributed by atoms with E-state index in [4.69, 9.17) is 23.7 Å². The minimum Gasteiger partial charge on any atom is -0.363 e. The van der Waals surface area contributed by atoms with Crippen LogP contribution in [0.1, 0.15) is 44.4 Å². The monoisotopic (exact) mass is 545 g/mol. The highest BCUT2D eigenvalue weighted by Crippen LogP contribution is 2.44. The van der Waals surface area contributed by atoms with Crippen LogP contribution in [0.4, 0.5) is 0 Å². The Morgan fingerprint density at radius 3 is 2.40 bits per heavy atom. The Balaban J connectivity index is 1.62. The zero-order valence-electron chi connectivity index (χ0n) is 17.6. The number of nitrogens with zero attached hydrogens (tertiary/aromatic N) is 1. The van der Waals surface area contributed by atoms with Crippen molar-refractivity contribution in [1.82, 2.24) is 4.98 Å². The second-order valence-corrected chi connectivity index (χ2v) is 10.3. The Kier molecular flexibility index (Phi) is 6.84. The molecule has 8 heteroatoms. The number of ether oxygens (including phenoxy) is 5. The van der Waals surface area contributed by atoms with Crippen LogP contribution in [0.15, 0.2) is 41.9 Å². The summed E-state index contributed by atoms with van der Waals surface area (Å²) in [6, 6.07) is 10.1. The summed E-state index contributed by atoms with van der Waals surface area (Å²) in [6.45, 7) is 8.19. The lowest BCUT2D eigenvalue weighted by atomic mass is 10.00. The van der Waals surface area contributed by atoms with Gasteiger partial charge in [0, 0.05) is 16.0 Å². The molecule has 0 N–H and O–H groups in total. The molecule has 0 saturated carbocycles. The Morgan fingerprint density at radius 2 is 1.73 bits per heavy atom. The first kappa shape index (κ1) is 22.6. The van der Waals surface area contributed by atoms with E-state index in [1.165, 1.54) is 0 Å². The number of aromatic nitrogens is 1. The van der Waals surface area contributed by atoms with Crippen LogP contribution in [0.25, 0.3) is 0 Å². The first-order valence-corrected chi connectivity index (χ1v) is 12.5. The van der Waals surface area contributed by atoms with Crippen LogP contribution in [-0.4, -0.2) is 45.4 Å². The molecule has 0 bridgehead atoms. The molecule has 0 amide bonds. The lowest BCUT2D eigenvalue weighted by Gasteiger charge is -2.29. The lowest BCUT2D eigenvalue weighted by Crippen LogP contribution is -2.45. The maximum Gasteiger partial charge on any atom is 0.164 e. The molecule has 0 aliphatic carbocycles. The minimum absolute atomic E-state index is 0.0864. The van der Waals surface area contributed by atoms with Gasteiger partial charge in [0.25, 0.3) is 0 Å². The molecule has 2 aromatic rings. The molecule has 5 atom stereocenters. The van der Waals surface area contributed by atoms with E-state index in [2.05, 4.69) is 39.7 Å². The van der Waals surface area contributed by atoms with E-state index in [9.17, 15) is 0 Å². The molecule has 4 rings (SSSR count). The second kappa shape index (κ2) is 9.09. The van der Waals surface area contributed by atoms with Gasteiger partial charge in [0.1, 0.15) is 29.4 Å². The SMILES string of the molecule is CC1(C)O[C@@H]([C@@H]2OC(C)(C)O[C@@H]2CI)[C@H]([C@@H](OCc2ccccc2)c2nccs2)O1. The van der Waals surface area contributed by atoms with Crippen LogP contribution in [-0.2, 0) is 30.3 Å². The first-order chi connectivity index (χ1) is 14.3. The number of alkyl halides is 1. The summed E-state index contributed by atoms with van der Waals surface area (Å²) in [6.07, 6.45) is 0.358. The van der Waals surface area contributed by atoms with Gasteiger partial charge >= 0.3 is 0 Å². The standard InChI is InChI=1S/C22H28INO5S/c1-21(2)26-15(12-23)16(27-21)17-18(29-22(3,4)28-17)19(20-24-10-11-30-20)25-13-14-8-6-5-7-9-14/h5-11,15-19H,12-13H2,1-4H3/t15-,16-,17+,18-,19-/m1/s1. The number of hydrogen-bond donors (Lipinski definition) is 0. The Hall–Kier alpha value is -0.620. The van der Waals surface area contributed by atoms with Gasteiger partial charge in [-0.2, -0.15) is 0 Å². The predicted molar refractivity (Wildman–Crippen MR) is 123 cm³/mol. The van der Waals surface area contributed by atoms with Gasteiger partial charge in [0.05, 0.1) is 12.7 Å². The molecule has 2 aliphatic heterocycles. The molecule has 2 aliphatic rings. The third-order valence-corrected chi connectivity index (χ3v) is 6.83. The normalized spacial score (nSPS) is 31.1. The highest BCUT2D eigenvalue weighted by Gasteiger charge is 2.56. The molecule has 1 aromatic carbocycles. The van der Waals surface area contributed by atoms with Crippen molar-refractivity contribution in [3.63, 3.8) is 0 Å². The maximum atomic E-state index is 6.41. The maximum absolute atomic E-state index is 6.41. The van der Waals surface area contributed by atoms with Crippen LogP contribution in [0.3, 0.4) is 0 Å². The van der Waals surface area contributed by atoms with E-state index in [1.807, 2.05) is 51.3 Å². The number of halogens is 1. The van der Waals surface area contributed by atoms with Crippen molar-refractivity contribution in [3.8, 4) is 0 Å². The number of thiazole rings is 1. The minimum atomic E-state index is -0.757. The summed E-state index contributed by atoms with van der Waals surface area (Å²) >= 11 is 3.89. The van der Waals surface area contributed by atoms with E-state index < -0.39 is 11.6 Å². The molecular formula is C22H28INO5S. The fraction of sp³-hybridized carbons (Fsp3) is 0.591. The second-order valence-electron chi connectivity index (χ2n) is 8.45. The molecule has 164 valence electrons. The molecule has 1 aromatic heterocycles. The first-order valence-electron chi connectivity index (χ1n) is 10.1.